The maximum absolute atomic E-state index is 12.9. The van der Waals surface area contributed by atoms with Gasteiger partial charge in [0.15, 0.2) is 0 Å². The van der Waals surface area contributed by atoms with Crippen molar-refractivity contribution in [2.75, 3.05) is 0 Å². The zero-order valence-electron chi connectivity index (χ0n) is 12.9. The van der Waals surface area contributed by atoms with Gasteiger partial charge < -0.3 is 4.74 Å². The number of benzene rings is 2. The Morgan fingerprint density at radius 1 is 1.08 bits per heavy atom. The molecule has 0 atom stereocenters. The van der Waals surface area contributed by atoms with Crippen LogP contribution in [-0.4, -0.2) is 22.1 Å². The van der Waals surface area contributed by atoms with Crippen LogP contribution in [0.4, 0.5) is 17.6 Å². The van der Waals surface area contributed by atoms with Crippen molar-refractivity contribution < 1.29 is 22.3 Å². The van der Waals surface area contributed by atoms with E-state index in [2.05, 4.69) is 9.72 Å². The Morgan fingerprint density at radius 3 is 2.36 bits per heavy atom. The van der Waals surface area contributed by atoms with Crippen molar-refractivity contribution in [1.82, 2.24) is 9.55 Å². The summed E-state index contributed by atoms with van der Waals surface area (Å²) in [6.07, 6.45) is -8.53. The van der Waals surface area contributed by atoms with Gasteiger partial charge in [-0.2, -0.15) is 17.6 Å². The molecule has 2 aromatic carbocycles. The van der Waals surface area contributed by atoms with Gasteiger partial charge in [-0.3, -0.25) is 9.36 Å². The van der Waals surface area contributed by atoms with Crippen molar-refractivity contribution in [2.24, 2.45) is 0 Å². The fraction of sp³-hybridized carbons (Fsp3) is 0.176. The lowest BCUT2D eigenvalue weighted by Gasteiger charge is -2.17. The SMILES string of the molecule is Cc1nc2ccccc2c(=O)n1-c1ccc(OC(F)(F)C(F)F)cc1. The van der Waals surface area contributed by atoms with E-state index in [1.807, 2.05) is 0 Å². The second-order valence-electron chi connectivity index (χ2n) is 5.28. The van der Waals surface area contributed by atoms with E-state index in [9.17, 15) is 22.4 Å². The van der Waals surface area contributed by atoms with Gasteiger partial charge in [0.1, 0.15) is 11.6 Å². The predicted octanol–water partition coefficient (Wildman–Crippen LogP) is 3.93. The van der Waals surface area contributed by atoms with Crippen LogP contribution in [0, 0.1) is 6.92 Å². The third kappa shape index (κ3) is 3.19. The standard InChI is InChI=1S/C17H12F4N2O2/c1-10-22-14-5-3-2-4-13(14)15(24)23(10)11-6-8-12(9-7-11)25-17(20,21)16(18)19/h2-9,16H,1H3. The molecule has 1 aromatic heterocycles. The van der Waals surface area contributed by atoms with E-state index in [1.165, 1.54) is 16.7 Å². The zero-order valence-corrected chi connectivity index (χ0v) is 12.9. The van der Waals surface area contributed by atoms with Crippen LogP contribution in [0.5, 0.6) is 5.75 Å². The lowest BCUT2D eigenvalue weighted by Crippen LogP contribution is -2.33. The van der Waals surface area contributed by atoms with Crippen LogP contribution in [0.2, 0.25) is 0 Å². The quantitative estimate of drug-likeness (QED) is 0.668. The molecule has 0 amide bonds. The van der Waals surface area contributed by atoms with E-state index in [0.29, 0.717) is 22.4 Å². The Kier molecular flexibility index (Phi) is 4.20. The Hall–Kier alpha value is -2.90. The first kappa shape index (κ1) is 16.9. The molecule has 0 N–H and O–H groups in total. The summed E-state index contributed by atoms with van der Waals surface area (Å²) >= 11 is 0. The molecule has 0 aliphatic carbocycles. The van der Waals surface area contributed by atoms with E-state index < -0.39 is 18.3 Å². The zero-order chi connectivity index (χ0) is 18.2. The molecular formula is C17H12F4N2O2. The topological polar surface area (TPSA) is 44.1 Å². The third-order valence-corrected chi connectivity index (χ3v) is 3.55. The van der Waals surface area contributed by atoms with Crippen molar-refractivity contribution in [2.45, 2.75) is 19.5 Å². The van der Waals surface area contributed by atoms with E-state index in [1.54, 1.807) is 31.2 Å². The second-order valence-corrected chi connectivity index (χ2v) is 5.28. The minimum absolute atomic E-state index is 0.324. The molecule has 130 valence electrons. The van der Waals surface area contributed by atoms with Crippen molar-refractivity contribution in [3.05, 3.63) is 64.7 Å². The number of alkyl halides is 4. The van der Waals surface area contributed by atoms with E-state index in [0.717, 1.165) is 12.1 Å². The molecule has 0 unspecified atom stereocenters. The summed E-state index contributed by atoms with van der Waals surface area (Å²) in [4.78, 5) is 17.0. The molecule has 0 saturated carbocycles. The molecule has 25 heavy (non-hydrogen) atoms. The predicted molar refractivity (Wildman–Crippen MR) is 83.7 cm³/mol. The number of ether oxygens (including phenoxy) is 1. The number of rotatable bonds is 4. The van der Waals surface area contributed by atoms with Crippen molar-refractivity contribution >= 4 is 10.9 Å². The third-order valence-electron chi connectivity index (χ3n) is 3.55. The molecular weight excluding hydrogens is 340 g/mol. The Labute approximate surface area is 139 Å². The van der Waals surface area contributed by atoms with Gasteiger partial charge in [-0.1, -0.05) is 12.1 Å². The number of nitrogens with zero attached hydrogens (tertiary/aromatic N) is 2. The number of hydrogen-bond acceptors (Lipinski definition) is 3. The molecule has 0 bridgehead atoms. The summed E-state index contributed by atoms with van der Waals surface area (Å²) in [5.74, 6) is -0.0382. The molecule has 1 heterocycles. The minimum Gasteiger partial charge on any atom is -0.428 e. The minimum atomic E-state index is -4.58. The Bertz CT molecular complexity index is 969. The van der Waals surface area contributed by atoms with Gasteiger partial charge in [-0.15, -0.1) is 0 Å². The first-order valence-electron chi connectivity index (χ1n) is 7.23. The number of fused-ring (bicyclic) bond motifs is 1. The monoisotopic (exact) mass is 352 g/mol. The molecule has 0 saturated heterocycles. The van der Waals surface area contributed by atoms with Crippen LogP contribution in [0.1, 0.15) is 5.82 Å². The van der Waals surface area contributed by atoms with E-state index >= 15 is 0 Å². The maximum Gasteiger partial charge on any atom is 0.461 e. The molecule has 0 spiro atoms. The Balaban J connectivity index is 2.01. The molecule has 0 aliphatic rings. The lowest BCUT2D eigenvalue weighted by molar-refractivity contribution is -0.253. The van der Waals surface area contributed by atoms with Crippen molar-refractivity contribution in [3.8, 4) is 11.4 Å². The summed E-state index contributed by atoms with van der Waals surface area (Å²) in [5, 5.41) is 0.401. The number of aryl methyl sites for hydroxylation is 1. The highest BCUT2D eigenvalue weighted by atomic mass is 19.3. The van der Waals surface area contributed by atoms with E-state index in [4.69, 9.17) is 0 Å². The second kappa shape index (κ2) is 6.19. The first-order valence-corrected chi connectivity index (χ1v) is 7.23. The van der Waals surface area contributed by atoms with Crippen LogP contribution in [0.25, 0.3) is 16.6 Å². The summed E-state index contributed by atoms with van der Waals surface area (Å²) in [6.45, 7) is 1.63. The molecule has 4 nitrogen and oxygen atoms in total. The lowest BCUT2D eigenvalue weighted by atomic mass is 10.2. The fourth-order valence-corrected chi connectivity index (χ4v) is 2.41. The normalized spacial score (nSPS) is 11.9. The maximum atomic E-state index is 12.9. The summed E-state index contributed by atoms with van der Waals surface area (Å²) in [6, 6.07) is 11.6. The van der Waals surface area contributed by atoms with E-state index in [-0.39, 0.29) is 5.56 Å². The molecule has 8 heteroatoms. The largest absolute Gasteiger partial charge is 0.461 e. The number of halogens is 4. The fourth-order valence-electron chi connectivity index (χ4n) is 2.41. The van der Waals surface area contributed by atoms with Crippen molar-refractivity contribution in [1.29, 1.82) is 0 Å². The van der Waals surface area contributed by atoms with Gasteiger partial charge >= 0.3 is 12.5 Å². The van der Waals surface area contributed by atoms with Crippen LogP contribution in [0.3, 0.4) is 0 Å². The van der Waals surface area contributed by atoms with Crippen LogP contribution >= 0.6 is 0 Å². The average molecular weight is 352 g/mol. The molecule has 3 rings (SSSR count). The van der Waals surface area contributed by atoms with Gasteiger partial charge in [0.25, 0.3) is 5.56 Å². The molecule has 0 radical (unpaired) electrons. The summed E-state index contributed by atoms with van der Waals surface area (Å²) < 4.78 is 55.5. The van der Waals surface area contributed by atoms with Gasteiger partial charge in [0, 0.05) is 0 Å². The average Bonchev–Trinajstić information content (AvgIpc) is 2.56. The van der Waals surface area contributed by atoms with Crippen LogP contribution < -0.4 is 10.3 Å². The highest BCUT2D eigenvalue weighted by Crippen LogP contribution is 2.28. The molecule has 0 fully saturated rings. The van der Waals surface area contributed by atoms with Gasteiger partial charge in [0.05, 0.1) is 16.6 Å². The number of aromatic nitrogens is 2. The van der Waals surface area contributed by atoms with Gasteiger partial charge in [-0.05, 0) is 43.3 Å². The summed E-state index contributed by atoms with van der Waals surface area (Å²) in [5.41, 5.74) is 0.570. The van der Waals surface area contributed by atoms with Crippen LogP contribution in [-0.2, 0) is 0 Å². The van der Waals surface area contributed by atoms with Crippen LogP contribution in [0.15, 0.2) is 53.3 Å². The highest BCUT2D eigenvalue weighted by molar-refractivity contribution is 5.77. The van der Waals surface area contributed by atoms with Gasteiger partial charge in [0.2, 0.25) is 0 Å². The summed E-state index contributed by atoms with van der Waals surface area (Å²) in [7, 11) is 0. The number of para-hydroxylation sites is 1. The Morgan fingerprint density at radius 2 is 1.72 bits per heavy atom. The number of hydrogen-bond donors (Lipinski definition) is 0. The highest BCUT2D eigenvalue weighted by Gasteiger charge is 2.43. The first-order chi connectivity index (χ1) is 11.8. The molecule has 0 aliphatic heterocycles. The molecule has 3 aromatic rings. The smallest absolute Gasteiger partial charge is 0.428 e. The van der Waals surface area contributed by atoms with Crippen molar-refractivity contribution in [3.63, 3.8) is 0 Å². The van der Waals surface area contributed by atoms with Gasteiger partial charge in [-0.25, -0.2) is 4.98 Å².